The van der Waals surface area contributed by atoms with Crippen molar-refractivity contribution in [3.8, 4) is 0 Å². The summed E-state index contributed by atoms with van der Waals surface area (Å²) < 4.78 is 45.2. The summed E-state index contributed by atoms with van der Waals surface area (Å²) >= 11 is 0. The fraction of sp³-hybridized carbons (Fsp3) is 0.900. The van der Waals surface area contributed by atoms with Gasteiger partial charge in [0.15, 0.2) is 0 Å². The Morgan fingerprint density at radius 3 is 2.38 bits per heavy atom. The zero-order chi connectivity index (χ0) is 12.6. The molecular formula is C10H15F3O3. The van der Waals surface area contributed by atoms with Gasteiger partial charge in [0.05, 0.1) is 18.6 Å². The molecule has 0 N–H and O–H groups in total. The van der Waals surface area contributed by atoms with E-state index >= 15 is 0 Å². The highest BCUT2D eigenvalue weighted by molar-refractivity contribution is 5.78. The van der Waals surface area contributed by atoms with E-state index in [4.69, 9.17) is 4.74 Å². The molecule has 0 spiro atoms. The van der Waals surface area contributed by atoms with Crippen molar-refractivity contribution in [1.29, 1.82) is 0 Å². The quantitative estimate of drug-likeness (QED) is 0.706. The van der Waals surface area contributed by atoms with E-state index < -0.39 is 36.2 Å². The first-order valence-corrected chi connectivity index (χ1v) is 5.05. The molecule has 0 bridgehead atoms. The van der Waals surface area contributed by atoms with Gasteiger partial charge in [0.25, 0.3) is 0 Å². The highest BCUT2D eigenvalue weighted by atomic mass is 19.4. The normalized spacial score (nSPS) is 27.6. The molecule has 0 aliphatic heterocycles. The predicted octanol–water partition coefficient (Wildman–Crippen LogP) is 2.15. The van der Waals surface area contributed by atoms with Crippen LogP contribution in [0.2, 0.25) is 0 Å². The van der Waals surface area contributed by atoms with Crippen LogP contribution in [-0.4, -0.2) is 31.5 Å². The van der Waals surface area contributed by atoms with Crippen molar-refractivity contribution in [1.82, 2.24) is 0 Å². The van der Waals surface area contributed by atoms with Gasteiger partial charge in [-0.15, -0.1) is 0 Å². The molecule has 1 aliphatic rings. The van der Waals surface area contributed by atoms with E-state index in [2.05, 4.69) is 4.74 Å². The molecule has 0 heterocycles. The van der Waals surface area contributed by atoms with Gasteiger partial charge in [0, 0.05) is 5.41 Å². The second-order valence-corrected chi connectivity index (χ2v) is 4.40. The molecule has 16 heavy (non-hydrogen) atoms. The molecular weight excluding hydrogens is 225 g/mol. The molecule has 1 rings (SSSR count). The van der Waals surface area contributed by atoms with Gasteiger partial charge in [-0.2, -0.15) is 13.2 Å². The largest absolute Gasteiger partial charge is 0.466 e. The van der Waals surface area contributed by atoms with E-state index in [1.807, 2.05) is 0 Å². The number of esters is 1. The van der Waals surface area contributed by atoms with Crippen LogP contribution in [0, 0.1) is 11.3 Å². The maximum atomic E-state index is 11.9. The zero-order valence-electron chi connectivity index (χ0n) is 9.43. The minimum absolute atomic E-state index is 0.220. The lowest BCUT2D eigenvalue weighted by Crippen LogP contribution is -2.20. The van der Waals surface area contributed by atoms with Crippen molar-refractivity contribution < 1.29 is 27.4 Å². The first-order valence-electron chi connectivity index (χ1n) is 5.05. The SMILES string of the molecule is CCOC(=O)C1C(OCC(F)(F)F)C1(C)C. The van der Waals surface area contributed by atoms with Crippen LogP contribution in [0.25, 0.3) is 0 Å². The number of hydrogen-bond acceptors (Lipinski definition) is 3. The van der Waals surface area contributed by atoms with Gasteiger partial charge in [-0.1, -0.05) is 13.8 Å². The first-order chi connectivity index (χ1) is 7.20. The van der Waals surface area contributed by atoms with E-state index in [0.717, 1.165) is 0 Å². The van der Waals surface area contributed by atoms with Crippen LogP contribution in [-0.2, 0) is 14.3 Å². The third-order valence-corrected chi connectivity index (χ3v) is 2.70. The third kappa shape index (κ3) is 2.87. The second-order valence-electron chi connectivity index (χ2n) is 4.40. The number of rotatable bonds is 4. The molecule has 0 aromatic heterocycles. The van der Waals surface area contributed by atoms with Gasteiger partial charge in [-0.3, -0.25) is 4.79 Å². The monoisotopic (exact) mass is 240 g/mol. The van der Waals surface area contributed by atoms with E-state index in [1.165, 1.54) is 0 Å². The molecule has 0 aromatic rings. The summed E-state index contributed by atoms with van der Waals surface area (Å²) in [6.07, 6.45) is -5.06. The van der Waals surface area contributed by atoms with Crippen molar-refractivity contribution in [2.24, 2.45) is 11.3 Å². The van der Waals surface area contributed by atoms with Crippen molar-refractivity contribution in [2.75, 3.05) is 13.2 Å². The average molecular weight is 240 g/mol. The molecule has 1 fully saturated rings. The van der Waals surface area contributed by atoms with Crippen LogP contribution in [0.15, 0.2) is 0 Å². The van der Waals surface area contributed by atoms with Crippen LogP contribution < -0.4 is 0 Å². The van der Waals surface area contributed by atoms with Gasteiger partial charge in [0.1, 0.15) is 6.61 Å². The third-order valence-electron chi connectivity index (χ3n) is 2.70. The van der Waals surface area contributed by atoms with Crippen LogP contribution in [0.3, 0.4) is 0 Å². The maximum Gasteiger partial charge on any atom is 0.411 e. The standard InChI is InChI=1S/C10H15F3O3/c1-4-15-8(14)6-7(9(6,2)3)16-5-10(11,12)13/h6-7H,4-5H2,1-3H3. The molecule has 1 saturated carbocycles. The highest BCUT2D eigenvalue weighted by Gasteiger charge is 2.64. The Morgan fingerprint density at radius 1 is 1.38 bits per heavy atom. The lowest BCUT2D eigenvalue weighted by molar-refractivity contribution is -0.180. The highest BCUT2D eigenvalue weighted by Crippen LogP contribution is 2.55. The summed E-state index contributed by atoms with van der Waals surface area (Å²) in [5, 5.41) is 0. The fourth-order valence-corrected chi connectivity index (χ4v) is 1.75. The fourth-order valence-electron chi connectivity index (χ4n) is 1.75. The number of halogens is 3. The van der Waals surface area contributed by atoms with Gasteiger partial charge in [0.2, 0.25) is 0 Å². The number of carbonyl (C=O) groups excluding carboxylic acids is 1. The molecule has 6 heteroatoms. The summed E-state index contributed by atoms with van der Waals surface area (Å²) in [7, 11) is 0. The minimum Gasteiger partial charge on any atom is -0.466 e. The number of alkyl halides is 3. The predicted molar refractivity (Wildman–Crippen MR) is 49.7 cm³/mol. The van der Waals surface area contributed by atoms with Crippen LogP contribution >= 0.6 is 0 Å². The minimum atomic E-state index is -4.36. The van der Waals surface area contributed by atoms with E-state index in [0.29, 0.717) is 0 Å². The number of carbonyl (C=O) groups is 1. The smallest absolute Gasteiger partial charge is 0.411 e. The Labute approximate surface area is 91.9 Å². The molecule has 3 nitrogen and oxygen atoms in total. The van der Waals surface area contributed by atoms with Gasteiger partial charge < -0.3 is 9.47 Å². The van der Waals surface area contributed by atoms with E-state index in [-0.39, 0.29) is 6.61 Å². The van der Waals surface area contributed by atoms with Crippen molar-refractivity contribution in [3.05, 3.63) is 0 Å². The summed E-state index contributed by atoms with van der Waals surface area (Å²) in [6, 6.07) is 0. The second kappa shape index (κ2) is 4.24. The van der Waals surface area contributed by atoms with E-state index in [9.17, 15) is 18.0 Å². The maximum absolute atomic E-state index is 11.9. The molecule has 2 unspecified atom stereocenters. The molecule has 0 aromatic carbocycles. The Bertz CT molecular complexity index is 273. The molecule has 0 saturated heterocycles. The van der Waals surface area contributed by atoms with Gasteiger partial charge >= 0.3 is 12.1 Å². The summed E-state index contributed by atoms with van der Waals surface area (Å²) in [6.45, 7) is 3.93. The zero-order valence-corrected chi connectivity index (χ0v) is 9.43. The Morgan fingerprint density at radius 2 is 1.94 bits per heavy atom. The Kier molecular flexibility index (Phi) is 3.52. The number of ether oxygens (including phenoxy) is 2. The van der Waals surface area contributed by atoms with Gasteiger partial charge in [-0.05, 0) is 6.92 Å². The Balaban J connectivity index is 2.48. The summed E-state index contributed by atoms with van der Waals surface area (Å²) in [4.78, 5) is 11.4. The molecule has 0 amide bonds. The Hall–Kier alpha value is -0.780. The van der Waals surface area contributed by atoms with Crippen molar-refractivity contribution in [3.63, 3.8) is 0 Å². The van der Waals surface area contributed by atoms with Crippen LogP contribution in [0.4, 0.5) is 13.2 Å². The molecule has 2 atom stereocenters. The van der Waals surface area contributed by atoms with Crippen LogP contribution in [0.5, 0.6) is 0 Å². The van der Waals surface area contributed by atoms with Crippen LogP contribution in [0.1, 0.15) is 20.8 Å². The topological polar surface area (TPSA) is 35.5 Å². The van der Waals surface area contributed by atoms with Crippen molar-refractivity contribution >= 4 is 5.97 Å². The summed E-state index contributed by atoms with van der Waals surface area (Å²) in [5.41, 5.74) is -0.572. The average Bonchev–Trinajstić information content (AvgIpc) is 2.64. The van der Waals surface area contributed by atoms with E-state index in [1.54, 1.807) is 20.8 Å². The van der Waals surface area contributed by atoms with Gasteiger partial charge in [-0.25, -0.2) is 0 Å². The lowest BCUT2D eigenvalue weighted by atomic mass is 10.1. The van der Waals surface area contributed by atoms with Crippen molar-refractivity contribution in [2.45, 2.75) is 33.1 Å². The summed E-state index contributed by atoms with van der Waals surface area (Å²) in [5.74, 6) is -1.07. The lowest BCUT2D eigenvalue weighted by Gasteiger charge is -2.07. The molecule has 0 radical (unpaired) electrons. The number of hydrogen-bond donors (Lipinski definition) is 0. The molecule has 94 valence electrons. The first kappa shape index (κ1) is 13.3. The molecule has 1 aliphatic carbocycles.